The predicted octanol–water partition coefficient (Wildman–Crippen LogP) is 2.98. The molecule has 1 saturated heterocycles. The summed E-state index contributed by atoms with van der Waals surface area (Å²) < 4.78 is 6.77. The van der Waals surface area contributed by atoms with Crippen molar-refractivity contribution >= 4 is 27.4 Å². The van der Waals surface area contributed by atoms with Gasteiger partial charge in [0.25, 0.3) is 0 Å². The number of nitrogens with zero attached hydrogens (tertiary/aromatic N) is 2. The molecular formula is C13H17N3OS. The van der Waals surface area contributed by atoms with Crippen molar-refractivity contribution in [1.29, 1.82) is 0 Å². The van der Waals surface area contributed by atoms with Crippen LogP contribution in [0.5, 0.6) is 0 Å². The van der Waals surface area contributed by atoms with E-state index in [1.807, 2.05) is 0 Å². The van der Waals surface area contributed by atoms with Gasteiger partial charge in [0.15, 0.2) is 0 Å². The number of fused-ring (bicyclic) bond motifs is 1. The molecule has 1 fully saturated rings. The summed E-state index contributed by atoms with van der Waals surface area (Å²) in [5.74, 6) is 0.955. The summed E-state index contributed by atoms with van der Waals surface area (Å²) in [6, 6.07) is 0. The molecule has 18 heavy (non-hydrogen) atoms. The Bertz CT molecular complexity index is 534. The fourth-order valence-electron chi connectivity index (χ4n) is 2.32. The van der Waals surface area contributed by atoms with Crippen LogP contribution in [0.4, 0.5) is 5.82 Å². The fourth-order valence-corrected chi connectivity index (χ4v) is 3.29. The van der Waals surface area contributed by atoms with Crippen LogP contribution >= 0.6 is 11.3 Å². The molecule has 0 spiro atoms. The van der Waals surface area contributed by atoms with E-state index in [0.29, 0.717) is 6.10 Å². The zero-order valence-corrected chi connectivity index (χ0v) is 11.3. The van der Waals surface area contributed by atoms with Gasteiger partial charge >= 0.3 is 0 Å². The Morgan fingerprint density at radius 1 is 1.50 bits per heavy atom. The molecule has 1 aliphatic heterocycles. The molecule has 0 amide bonds. The summed E-state index contributed by atoms with van der Waals surface area (Å²) in [6.07, 6.45) is 5.51. The van der Waals surface area contributed by atoms with E-state index in [4.69, 9.17) is 4.74 Å². The smallest absolute Gasteiger partial charge is 0.147 e. The molecule has 4 nitrogen and oxygen atoms in total. The summed E-state index contributed by atoms with van der Waals surface area (Å²) in [5.41, 5.74) is 2.29. The van der Waals surface area contributed by atoms with Gasteiger partial charge in [0.2, 0.25) is 0 Å². The van der Waals surface area contributed by atoms with Gasteiger partial charge in [0.05, 0.1) is 16.3 Å². The highest BCUT2D eigenvalue weighted by Gasteiger charge is 2.15. The number of rotatable bonds is 4. The summed E-state index contributed by atoms with van der Waals surface area (Å²) in [5, 5.41) is 5.54. The lowest BCUT2D eigenvalue weighted by atomic mass is 10.2. The van der Waals surface area contributed by atoms with E-state index in [1.165, 1.54) is 18.4 Å². The quantitative estimate of drug-likeness (QED) is 0.921. The maximum atomic E-state index is 5.61. The topological polar surface area (TPSA) is 47.0 Å². The van der Waals surface area contributed by atoms with Crippen LogP contribution in [0.3, 0.4) is 0 Å². The fraction of sp³-hybridized carbons (Fsp3) is 0.538. The van der Waals surface area contributed by atoms with E-state index >= 15 is 0 Å². The van der Waals surface area contributed by atoms with Crippen molar-refractivity contribution in [2.45, 2.75) is 32.3 Å². The normalized spacial score (nSPS) is 19.5. The number of hydrogen-bond acceptors (Lipinski definition) is 5. The molecule has 0 radical (unpaired) electrons. The van der Waals surface area contributed by atoms with Gasteiger partial charge < -0.3 is 10.1 Å². The first-order valence-electron chi connectivity index (χ1n) is 6.39. The number of aromatic nitrogens is 2. The largest absolute Gasteiger partial charge is 0.378 e. The maximum absolute atomic E-state index is 5.61. The minimum atomic E-state index is 0.430. The van der Waals surface area contributed by atoms with Gasteiger partial charge in [0.1, 0.15) is 12.1 Å². The van der Waals surface area contributed by atoms with Gasteiger partial charge in [-0.1, -0.05) is 0 Å². The molecule has 3 rings (SSSR count). The third kappa shape index (κ3) is 2.33. The van der Waals surface area contributed by atoms with Gasteiger partial charge in [-0.25, -0.2) is 9.97 Å². The highest BCUT2D eigenvalue weighted by Crippen LogP contribution is 2.28. The molecule has 0 saturated carbocycles. The summed E-state index contributed by atoms with van der Waals surface area (Å²) >= 11 is 1.70. The maximum Gasteiger partial charge on any atom is 0.147 e. The van der Waals surface area contributed by atoms with Crippen LogP contribution in [0.15, 0.2) is 11.7 Å². The van der Waals surface area contributed by atoms with Crippen molar-refractivity contribution in [3.05, 3.63) is 17.3 Å². The number of ether oxygens (including phenoxy) is 1. The Hall–Kier alpha value is -1.20. The number of aryl methyl sites for hydroxylation is 1. The molecule has 5 heteroatoms. The third-order valence-electron chi connectivity index (χ3n) is 3.31. The molecule has 96 valence electrons. The van der Waals surface area contributed by atoms with Crippen molar-refractivity contribution in [2.75, 3.05) is 18.5 Å². The van der Waals surface area contributed by atoms with Crippen molar-refractivity contribution in [3.63, 3.8) is 0 Å². The lowest BCUT2D eigenvalue weighted by Gasteiger charge is -2.10. The molecule has 3 heterocycles. The Morgan fingerprint density at radius 2 is 2.44 bits per heavy atom. The minimum absolute atomic E-state index is 0.430. The van der Waals surface area contributed by atoms with Crippen LogP contribution in [0.2, 0.25) is 0 Å². The van der Waals surface area contributed by atoms with Crippen molar-refractivity contribution in [2.24, 2.45) is 0 Å². The van der Waals surface area contributed by atoms with E-state index in [9.17, 15) is 0 Å². The number of thiophene rings is 1. The molecule has 1 N–H and O–H groups in total. The Kier molecular flexibility index (Phi) is 3.43. The van der Waals surface area contributed by atoms with Crippen molar-refractivity contribution in [1.82, 2.24) is 9.97 Å². The SMILES string of the molecule is Cc1csc2c(NCCC3CCCO3)ncnc12. The van der Waals surface area contributed by atoms with E-state index < -0.39 is 0 Å². The van der Waals surface area contributed by atoms with Gasteiger partial charge in [0, 0.05) is 13.2 Å². The van der Waals surface area contributed by atoms with Crippen LogP contribution < -0.4 is 5.32 Å². The first-order valence-corrected chi connectivity index (χ1v) is 7.27. The molecule has 1 unspecified atom stereocenters. The Balaban J connectivity index is 1.66. The molecule has 0 bridgehead atoms. The van der Waals surface area contributed by atoms with Crippen LogP contribution in [-0.4, -0.2) is 29.2 Å². The molecule has 2 aromatic rings. The summed E-state index contributed by atoms with van der Waals surface area (Å²) in [4.78, 5) is 8.65. The molecular weight excluding hydrogens is 246 g/mol. The number of nitrogens with one attached hydrogen (secondary N) is 1. The van der Waals surface area contributed by atoms with E-state index in [1.54, 1.807) is 17.7 Å². The standard InChI is InChI=1S/C13H17N3OS/c1-9-7-18-12-11(9)15-8-16-13(12)14-5-4-10-3-2-6-17-10/h7-8,10H,2-6H2,1H3,(H,14,15,16). The van der Waals surface area contributed by atoms with Crippen LogP contribution in [-0.2, 0) is 4.74 Å². The Morgan fingerprint density at radius 3 is 3.28 bits per heavy atom. The third-order valence-corrected chi connectivity index (χ3v) is 4.41. The number of hydrogen-bond donors (Lipinski definition) is 1. The van der Waals surface area contributed by atoms with Gasteiger partial charge in [-0.3, -0.25) is 0 Å². The lowest BCUT2D eigenvalue weighted by Crippen LogP contribution is -2.13. The molecule has 1 aliphatic rings. The second kappa shape index (κ2) is 5.20. The van der Waals surface area contributed by atoms with E-state index in [0.717, 1.165) is 35.6 Å². The average molecular weight is 263 g/mol. The van der Waals surface area contributed by atoms with Crippen LogP contribution in [0.1, 0.15) is 24.8 Å². The van der Waals surface area contributed by atoms with E-state index in [-0.39, 0.29) is 0 Å². The van der Waals surface area contributed by atoms with Crippen molar-refractivity contribution in [3.8, 4) is 0 Å². The number of anilines is 1. The van der Waals surface area contributed by atoms with Gasteiger partial charge in [-0.15, -0.1) is 11.3 Å². The molecule has 2 aromatic heterocycles. The van der Waals surface area contributed by atoms with Crippen molar-refractivity contribution < 1.29 is 4.74 Å². The highest BCUT2D eigenvalue weighted by molar-refractivity contribution is 7.18. The second-order valence-corrected chi connectivity index (χ2v) is 5.55. The van der Waals surface area contributed by atoms with Crippen LogP contribution in [0.25, 0.3) is 10.2 Å². The first kappa shape index (κ1) is 11.9. The summed E-state index contributed by atoms with van der Waals surface area (Å²) in [6.45, 7) is 3.92. The highest BCUT2D eigenvalue weighted by atomic mass is 32.1. The second-order valence-electron chi connectivity index (χ2n) is 4.67. The summed E-state index contributed by atoms with van der Waals surface area (Å²) in [7, 11) is 0. The lowest BCUT2D eigenvalue weighted by molar-refractivity contribution is 0.107. The Labute approximate surface area is 110 Å². The minimum Gasteiger partial charge on any atom is -0.378 e. The zero-order chi connectivity index (χ0) is 12.4. The zero-order valence-electron chi connectivity index (χ0n) is 10.5. The van der Waals surface area contributed by atoms with E-state index in [2.05, 4.69) is 27.6 Å². The first-order chi connectivity index (χ1) is 8.84. The molecule has 1 atom stereocenters. The molecule has 0 aliphatic carbocycles. The van der Waals surface area contributed by atoms with Crippen LogP contribution in [0, 0.1) is 6.92 Å². The molecule has 0 aromatic carbocycles. The van der Waals surface area contributed by atoms with Gasteiger partial charge in [-0.05, 0) is 37.1 Å². The predicted molar refractivity (Wildman–Crippen MR) is 74.2 cm³/mol. The van der Waals surface area contributed by atoms with Gasteiger partial charge in [-0.2, -0.15) is 0 Å². The average Bonchev–Trinajstić information content (AvgIpc) is 3.01. The monoisotopic (exact) mass is 263 g/mol.